The van der Waals surface area contributed by atoms with Gasteiger partial charge in [-0.15, -0.1) is 0 Å². The van der Waals surface area contributed by atoms with Crippen molar-refractivity contribution in [3.8, 4) is 28.7 Å². The minimum atomic E-state index is -0.441. The molecule has 0 aliphatic heterocycles. The van der Waals surface area contributed by atoms with Crippen molar-refractivity contribution < 1.29 is 23.4 Å². The monoisotopic (exact) mass is 389 g/mol. The highest BCUT2D eigenvalue weighted by atomic mass is 16.5. The van der Waals surface area contributed by atoms with Gasteiger partial charge in [0, 0.05) is 23.2 Å². The van der Waals surface area contributed by atoms with Crippen molar-refractivity contribution in [1.29, 1.82) is 0 Å². The van der Waals surface area contributed by atoms with E-state index in [0.29, 0.717) is 39.7 Å². The van der Waals surface area contributed by atoms with E-state index in [1.54, 1.807) is 56.6 Å². The Hall–Kier alpha value is -3.80. The van der Waals surface area contributed by atoms with Crippen molar-refractivity contribution in [3.63, 3.8) is 0 Å². The number of fused-ring (bicyclic) bond motifs is 1. The Morgan fingerprint density at radius 1 is 1.03 bits per heavy atom. The van der Waals surface area contributed by atoms with Crippen molar-refractivity contribution in [3.05, 3.63) is 72.4 Å². The Morgan fingerprint density at radius 3 is 2.52 bits per heavy atom. The summed E-state index contributed by atoms with van der Waals surface area (Å²) in [6.07, 6.45) is 1.66. The number of benzene rings is 2. The lowest BCUT2D eigenvalue weighted by molar-refractivity contribution is 0.0528. The standard InChI is InChI=1S/C23H19NO5/c1-3-27-23(25)21-18-14-17(26-2)11-12-19(18)29-22(21)15-7-9-16(10-8-15)28-20-6-4-5-13-24-20/h4-14H,3H2,1-2H3. The minimum Gasteiger partial charge on any atom is -0.497 e. The molecule has 0 aliphatic carbocycles. The van der Waals surface area contributed by atoms with Crippen LogP contribution in [0.3, 0.4) is 0 Å². The molecule has 0 bridgehead atoms. The molecule has 2 heterocycles. The quantitative estimate of drug-likeness (QED) is 0.407. The van der Waals surface area contributed by atoms with Crippen LogP contribution in [0.4, 0.5) is 0 Å². The Balaban J connectivity index is 1.74. The first kappa shape index (κ1) is 18.6. The van der Waals surface area contributed by atoms with Gasteiger partial charge in [0.1, 0.15) is 28.4 Å². The van der Waals surface area contributed by atoms with Gasteiger partial charge in [-0.05, 0) is 55.5 Å². The van der Waals surface area contributed by atoms with Crippen molar-refractivity contribution >= 4 is 16.9 Å². The molecule has 146 valence electrons. The molecule has 4 aromatic rings. The zero-order valence-corrected chi connectivity index (χ0v) is 16.0. The second-order valence-corrected chi connectivity index (χ2v) is 6.18. The number of hydrogen-bond donors (Lipinski definition) is 0. The Kier molecular flexibility index (Phi) is 5.16. The summed E-state index contributed by atoms with van der Waals surface area (Å²) in [5.74, 6) is 1.76. The van der Waals surface area contributed by atoms with Crippen LogP contribution in [0.2, 0.25) is 0 Å². The van der Waals surface area contributed by atoms with Gasteiger partial charge in [-0.2, -0.15) is 0 Å². The molecule has 2 aromatic heterocycles. The van der Waals surface area contributed by atoms with Crippen LogP contribution in [0.25, 0.3) is 22.3 Å². The molecule has 0 N–H and O–H groups in total. The molecule has 0 atom stereocenters. The number of furan rings is 1. The molecule has 2 aromatic carbocycles. The first-order valence-corrected chi connectivity index (χ1v) is 9.16. The van der Waals surface area contributed by atoms with Crippen molar-refractivity contribution in [2.75, 3.05) is 13.7 Å². The van der Waals surface area contributed by atoms with E-state index in [1.807, 2.05) is 24.3 Å². The number of pyridine rings is 1. The molecule has 0 saturated carbocycles. The fourth-order valence-corrected chi connectivity index (χ4v) is 3.02. The summed E-state index contributed by atoms with van der Waals surface area (Å²) < 4.78 is 22.3. The third-order valence-electron chi connectivity index (χ3n) is 4.35. The molecule has 0 spiro atoms. The van der Waals surface area contributed by atoms with E-state index in [9.17, 15) is 4.79 Å². The normalized spacial score (nSPS) is 10.7. The SMILES string of the molecule is CCOC(=O)c1c(-c2ccc(Oc3ccccn3)cc2)oc2ccc(OC)cc12. The van der Waals surface area contributed by atoms with E-state index in [0.717, 1.165) is 5.56 Å². The van der Waals surface area contributed by atoms with Gasteiger partial charge in [0.15, 0.2) is 0 Å². The molecule has 0 amide bonds. The number of hydrogen-bond acceptors (Lipinski definition) is 6. The second-order valence-electron chi connectivity index (χ2n) is 6.18. The van der Waals surface area contributed by atoms with Crippen molar-refractivity contribution in [1.82, 2.24) is 4.98 Å². The molecule has 0 saturated heterocycles. The predicted molar refractivity (Wildman–Crippen MR) is 108 cm³/mol. The summed E-state index contributed by atoms with van der Waals surface area (Å²) in [5, 5.41) is 0.645. The van der Waals surface area contributed by atoms with Gasteiger partial charge in [0.25, 0.3) is 0 Å². The average Bonchev–Trinajstić information content (AvgIpc) is 3.14. The number of esters is 1. The topological polar surface area (TPSA) is 70.8 Å². The molecule has 6 nitrogen and oxygen atoms in total. The molecule has 0 unspecified atom stereocenters. The van der Waals surface area contributed by atoms with Gasteiger partial charge in [-0.1, -0.05) is 6.07 Å². The van der Waals surface area contributed by atoms with Gasteiger partial charge < -0.3 is 18.6 Å². The molecule has 4 rings (SSSR count). The molecular weight excluding hydrogens is 370 g/mol. The van der Waals surface area contributed by atoms with E-state index in [2.05, 4.69) is 4.98 Å². The average molecular weight is 389 g/mol. The molecule has 0 radical (unpaired) electrons. The number of aromatic nitrogens is 1. The van der Waals surface area contributed by atoms with Crippen LogP contribution in [-0.2, 0) is 4.74 Å². The number of ether oxygens (including phenoxy) is 3. The maximum Gasteiger partial charge on any atom is 0.342 e. The summed E-state index contributed by atoms with van der Waals surface area (Å²) in [6, 6.07) is 18.0. The Labute approximate surface area is 167 Å². The van der Waals surface area contributed by atoms with Crippen LogP contribution in [-0.4, -0.2) is 24.7 Å². The highest BCUT2D eigenvalue weighted by Crippen LogP contribution is 2.36. The number of carbonyl (C=O) groups excluding carboxylic acids is 1. The molecular formula is C23H19NO5. The fourth-order valence-electron chi connectivity index (χ4n) is 3.02. The number of carbonyl (C=O) groups is 1. The number of nitrogens with zero attached hydrogens (tertiary/aromatic N) is 1. The Morgan fingerprint density at radius 2 is 1.83 bits per heavy atom. The van der Waals surface area contributed by atoms with Crippen LogP contribution >= 0.6 is 0 Å². The summed E-state index contributed by atoms with van der Waals surface area (Å²) in [6.45, 7) is 2.04. The lowest BCUT2D eigenvalue weighted by Gasteiger charge is -2.06. The van der Waals surface area contributed by atoms with Gasteiger partial charge in [0.2, 0.25) is 5.88 Å². The molecule has 0 aliphatic rings. The summed E-state index contributed by atoms with van der Waals surface area (Å²) >= 11 is 0. The molecule has 6 heteroatoms. The Bertz CT molecular complexity index is 1130. The van der Waals surface area contributed by atoms with E-state index in [-0.39, 0.29) is 6.61 Å². The van der Waals surface area contributed by atoms with E-state index >= 15 is 0 Å². The van der Waals surface area contributed by atoms with Crippen LogP contribution in [0.5, 0.6) is 17.4 Å². The second kappa shape index (κ2) is 8.06. The van der Waals surface area contributed by atoms with Crippen LogP contribution < -0.4 is 9.47 Å². The zero-order chi connectivity index (χ0) is 20.2. The lowest BCUT2D eigenvalue weighted by Crippen LogP contribution is -2.05. The maximum absolute atomic E-state index is 12.7. The summed E-state index contributed by atoms with van der Waals surface area (Å²) in [4.78, 5) is 16.8. The first-order chi connectivity index (χ1) is 14.2. The van der Waals surface area contributed by atoms with E-state index in [4.69, 9.17) is 18.6 Å². The lowest BCUT2D eigenvalue weighted by atomic mass is 10.1. The fraction of sp³-hybridized carbons (Fsp3) is 0.130. The highest BCUT2D eigenvalue weighted by Gasteiger charge is 2.23. The molecule has 0 fully saturated rings. The van der Waals surface area contributed by atoms with Crippen LogP contribution in [0, 0.1) is 0 Å². The van der Waals surface area contributed by atoms with Crippen molar-refractivity contribution in [2.24, 2.45) is 0 Å². The highest BCUT2D eigenvalue weighted by molar-refractivity contribution is 6.09. The van der Waals surface area contributed by atoms with Gasteiger partial charge in [-0.25, -0.2) is 9.78 Å². The maximum atomic E-state index is 12.7. The van der Waals surface area contributed by atoms with Gasteiger partial charge in [-0.3, -0.25) is 0 Å². The third kappa shape index (κ3) is 3.78. The smallest absolute Gasteiger partial charge is 0.342 e. The first-order valence-electron chi connectivity index (χ1n) is 9.16. The van der Waals surface area contributed by atoms with Crippen molar-refractivity contribution in [2.45, 2.75) is 6.92 Å². The zero-order valence-electron chi connectivity index (χ0n) is 16.0. The van der Waals surface area contributed by atoms with Gasteiger partial charge in [0.05, 0.1) is 13.7 Å². The third-order valence-corrected chi connectivity index (χ3v) is 4.35. The number of methoxy groups -OCH3 is 1. The largest absolute Gasteiger partial charge is 0.497 e. The minimum absolute atomic E-state index is 0.270. The van der Waals surface area contributed by atoms with Gasteiger partial charge >= 0.3 is 5.97 Å². The summed E-state index contributed by atoms with van der Waals surface area (Å²) in [7, 11) is 1.58. The van der Waals surface area contributed by atoms with Crippen LogP contribution in [0.1, 0.15) is 17.3 Å². The molecule has 29 heavy (non-hydrogen) atoms. The van der Waals surface area contributed by atoms with E-state index in [1.165, 1.54) is 0 Å². The van der Waals surface area contributed by atoms with Crippen LogP contribution in [0.15, 0.2) is 71.3 Å². The summed E-state index contributed by atoms with van der Waals surface area (Å²) in [5.41, 5.74) is 1.69. The van der Waals surface area contributed by atoms with E-state index < -0.39 is 5.97 Å². The predicted octanol–water partition coefficient (Wildman–Crippen LogP) is 5.47. The number of rotatable bonds is 6.